The number of hydrogen-bond acceptors (Lipinski definition) is 5. The third kappa shape index (κ3) is 4.15. The number of ether oxygens (including phenoxy) is 1. The van der Waals surface area contributed by atoms with Gasteiger partial charge in [-0.2, -0.15) is 4.31 Å². The van der Waals surface area contributed by atoms with E-state index in [0.717, 1.165) is 19.5 Å². The molecule has 0 bridgehead atoms. The first-order valence-electron chi connectivity index (χ1n) is 7.54. The molecule has 2 heterocycles. The van der Waals surface area contributed by atoms with Crippen molar-refractivity contribution in [1.82, 2.24) is 14.5 Å². The number of hydrogen-bond donors (Lipinski definition) is 1. The van der Waals surface area contributed by atoms with Crippen LogP contribution in [0.1, 0.15) is 19.3 Å². The zero-order chi connectivity index (χ0) is 15.3. The Morgan fingerprint density at radius 3 is 2.67 bits per heavy atom. The van der Waals surface area contributed by atoms with Gasteiger partial charge in [0.15, 0.2) is 0 Å². The maximum absolute atomic E-state index is 12.6. The second-order valence-electron chi connectivity index (χ2n) is 5.51. The molecule has 1 atom stereocenters. The van der Waals surface area contributed by atoms with Crippen LogP contribution in [0, 0.1) is 0 Å². The quantitative estimate of drug-likeness (QED) is 0.652. The molecule has 2 rings (SSSR count). The van der Waals surface area contributed by atoms with Gasteiger partial charge in [0.1, 0.15) is 6.04 Å². The minimum absolute atomic E-state index is 0.0377. The monoisotopic (exact) mass is 319 g/mol. The second kappa shape index (κ2) is 7.53. The zero-order valence-electron chi connectivity index (χ0n) is 12.6. The first-order valence-corrected chi connectivity index (χ1v) is 9.15. The van der Waals surface area contributed by atoms with Crippen molar-refractivity contribution in [2.24, 2.45) is 0 Å². The summed E-state index contributed by atoms with van der Waals surface area (Å²) < 4.78 is 31.1. The molecule has 0 aliphatic carbocycles. The summed E-state index contributed by atoms with van der Waals surface area (Å²) in [6.07, 6.45) is 1.85. The van der Waals surface area contributed by atoms with Gasteiger partial charge in [0.25, 0.3) is 0 Å². The predicted octanol–water partition coefficient (Wildman–Crippen LogP) is -0.751. The average Bonchev–Trinajstić information content (AvgIpc) is 2.98. The molecule has 1 amide bonds. The van der Waals surface area contributed by atoms with Crippen molar-refractivity contribution in [3.63, 3.8) is 0 Å². The van der Waals surface area contributed by atoms with E-state index in [4.69, 9.17) is 4.74 Å². The minimum atomic E-state index is -3.37. The number of rotatable bonds is 6. The molecule has 1 N–H and O–H groups in total. The van der Waals surface area contributed by atoms with Crippen LogP contribution in [0.5, 0.6) is 0 Å². The van der Waals surface area contributed by atoms with Crippen molar-refractivity contribution in [3.05, 3.63) is 0 Å². The molecular weight excluding hydrogens is 294 g/mol. The van der Waals surface area contributed by atoms with E-state index in [9.17, 15) is 13.2 Å². The third-order valence-electron chi connectivity index (χ3n) is 4.03. The van der Waals surface area contributed by atoms with Crippen LogP contribution in [0.15, 0.2) is 0 Å². The Bertz CT molecular complexity index is 448. The summed E-state index contributed by atoms with van der Waals surface area (Å²) in [7, 11) is -1.82. The second-order valence-corrected chi connectivity index (χ2v) is 7.55. The fourth-order valence-electron chi connectivity index (χ4n) is 2.92. The van der Waals surface area contributed by atoms with Gasteiger partial charge in [-0.1, -0.05) is 0 Å². The molecule has 2 aliphatic heterocycles. The fraction of sp³-hybridized carbons (Fsp3) is 0.923. The van der Waals surface area contributed by atoms with Gasteiger partial charge < -0.3 is 15.0 Å². The molecule has 2 saturated heterocycles. The van der Waals surface area contributed by atoms with Gasteiger partial charge in [0.05, 0.1) is 5.75 Å². The Kier molecular flexibility index (Phi) is 5.98. The van der Waals surface area contributed by atoms with Crippen molar-refractivity contribution in [2.75, 3.05) is 52.2 Å². The highest BCUT2D eigenvalue weighted by Gasteiger charge is 2.40. The maximum atomic E-state index is 12.6. The van der Waals surface area contributed by atoms with Gasteiger partial charge in [-0.3, -0.25) is 4.79 Å². The molecule has 0 aromatic rings. The molecule has 122 valence electrons. The van der Waals surface area contributed by atoms with Crippen LogP contribution in [-0.2, 0) is 19.6 Å². The number of carbonyl (C=O) groups is 1. The lowest BCUT2D eigenvalue weighted by Crippen LogP contribution is -2.53. The van der Waals surface area contributed by atoms with Gasteiger partial charge in [-0.25, -0.2) is 8.42 Å². The van der Waals surface area contributed by atoms with Gasteiger partial charge in [0, 0.05) is 46.4 Å². The molecule has 8 heteroatoms. The summed E-state index contributed by atoms with van der Waals surface area (Å²) in [6.45, 7) is 3.75. The van der Waals surface area contributed by atoms with Crippen molar-refractivity contribution < 1.29 is 17.9 Å². The molecule has 0 radical (unpaired) electrons. The Morgan fingerprint density at radius 2 is 2.00 bits per heavy atom. The Morgan fingerprint density at radius 1 is 1.29 bits per heavy atom. The lowest BCUT2D eigenvalue weighted by Gasteiger charge is -2.32. The smallest absolute Gasteiger partial charge is 0.241 e. The van der Waals surface area contributed by atoms with Crippen molar-refractivity contribution in [1.29, 1.82) is 0 Å². The summed E-state index contributed by atoms with van der Waals surface area (Å²) >= 11 is 0. The molecule has 1 unspecified atom stereocenters. The topological polar surface area (TPSA) is 79.0 Å². The zero-order valence-corrected chi connectivity index (χ0v) is 13.4. The highest BCUT2D eigenvalue weighted by molar-refractivity contribution is 7.89. The van der Waals surface area contributed by atoms with E-state index in [-0.39, 0.29) is 11.7 Å². The Balaban J connectivity index is 2.00. The number of piperazine rings is 1. The summed E-state index contributed by atoms with van der Waals surface area (Å²) in [5.41, 5.74) is 0. The molecule has 21 heavy (non-hydrogen) atoms. The van der Waals surface area contributed by atoms with Crippen molar-refractivity contribution in [2.45, 2.75) is 25.3 Å². The molecule has 0 aromatic heterocycles. The van der Waals surface area contributed by atoms with Crippen molar-refractivity contribution in [3.8, 4) is 0 Å². The van der Waals surface area contributed by atoms with Gasteiger partial charge >= 0.3 is 0 Å². The molecular formula is C13H25N3O4S. The van der Waals surface area contributed by atoms with Gasteiger partial charge in [-0.05, 0) is 19.3 Å². The fourth-order valence-corrected chi connectivity index (χ4v) is 4.63. The summed E-state index contributed by atoms with van der Waals surface area (Å²) in [4.78, 5) is 14.3. The lowest BCUT2D eigenvalue weighted by molar-refractivity contribution is -0.135. The average molecular weight is 319 g/mol. The number of methoxy groups -OCH3 is 1. The van der Waals surface area contributed by atoms with Crippen LogP contribution in [0.3, 0.4) is 0 Å². The SMILES string of the molecule is COCCCS(=O)(=O)N1CCCC1C(=O)N1CCNCC1. The normalized spacial score (nSPS) is 24.4. The van der Waals surface area contributed by atoms with E-state index in [0.29, 0.717) is 39.1 Å². The van der Waals surface area contributed by atoms with Crippen LogP contribution >= 0.6 is 0 Å². The number of nitrogens with zero attached hydrogens (tertiary/aromatic N) is 2. The van der Waals surface area contributed by atoms with E-state index in [1.165, 1.54) is 4.31 Å². The van der Waals surface area contributed by atoms with Crippen LogP contribution in [0.4, 0.5) is 0 Å². The van der Waals surface area contributed by atoms with Crippen LogP contribution in [-0.4, -0.2) is 81.8 Å². The highest BCUT2D eigenvalue weighted by atomic mass is 32.2. The lowest BCUT2D eigenvalue weighted by atomic mass is 10.2. The first kappa shape index (κ1) is 16.7. The third-order valence-corrected chi connectivity index (χ3v) is 5.98. The Labute approximate surface area is 126 Å². The maximum Gasteiger partial charge on any atom is 0.241 e. The highest BCUT2D eigenvalue weighted by Crippen LogP contribution is 2.23. The van der Waals surface area contributed by atoms with Crippen LogP contribution in [0.2, 0.25) is 0 Å². The first-order chi connectivity index (χ1) is 10.1. The molecule has 7 nitrogen and oxygen atoms in total. The molecule has 2 fully saturated rings. The summed E-state index contributed by atoms with van der Waals surface area (Å²) in [6, 6.07) is -0.504. The number of sulfonamides is 1. The molecule has 0 spiro atoms. The number of nitrogens with one attached hydrogen (secondary N) is 1. The van der Waals surface area contributed by atoms with E-state index in [2.05, 4.69) is 5.32 Å². The van der Waals surface area contributed by atoms with E-state index in [1.807, 2.05) is 0 Å². The number of amides is 1. The molecule has 0 saturated carbocycles. The van der Waals surface area contributed by atoms with Crippen molar-refractivity contribution >= 4 is 15.9 Å². The molecule has 0 aromatic carbocycles. The predicted molar refractivity (Wildman–Crippen MR) is 79.5 cm³/mol. The van der Waals surface area contributed by atoms with Gasteiger partial charge in [0.2, 0.25) is 15.9 Å². The summed E-state index contributed by atoms with van der Waals surface area (Å²) in [5.74, 6) is 0.0101. The van der Waals surface area contributed by atoms with E-state index < -0.39 is 16.1 Å². The van der Waals surface area contributed by atoms with E-state index in [1.54, 1.807) is 12.0 Å². The van der Waals surface area contributed by atoms with Crippen LogP contribution < -0.4 is 5.32 Å². The Hall–Kier alpha value is -0.700. The number of carbonyl (C=O) groups excluding carboxylic acids is 1. The standard InChI is InChI=1S/C13H25N3O4S/c1-20-10-3-11-21(18,19)16-7-2-4-12(16)13(17)15-8-5-14-6-9-15/h12,14H,2-11H2,1H3. The van der Waals surface area contributed by atoms with Crippen LogP contribution in [0.25, 0.3) is 0 Å². The summed E-state index contributed by atoms with van der Waals surface area (Å²) in [5, 5.41) is 3.20. The van der Waals surface area contributed by atoms with Gasteiger partial charge in [-0.15, -0.1) is 0 Å². The largest absolute Gasteiger partial charge is 0.385 e. The van der Waals surface area contributed by atoms with E-state index >= 15 is 0 Å². The molecule has 2 aliphatic rings. The minimum Gasteiger partial charge on any atom is -0.385 e.